The first-order valence-corrected chi connectivity index (χ1v) is 10.0. The summed E-state index contributed by atoms with van der Waals surface area (Å²) in [6, 6.07) is 8.48. The average molecular weight is 401 g/mol. The van der Waals surface area contributed by atoms with Crippen molar-refractivity contribution in [1.82, 2.24) is 15.8 Å². The fourth-order valence-electron chi connectivity index (χ4n) is 4.56. The van der Waals surface area contributed by atoms with Crippen LogP contribution in [-0.2, 0) is 14.3 Å². The number of morpholine rings is 1. The largest absolute Gasteiger partial charge is 0.480 e. The van der Waals surface area contributed by atoms with Crippen LogP contribution in [0.2, 0.25) is 0 Å². The van der Waals surface area contributed by atoms with Gasteiger partial charge in [0, 0.05) is 31.0 Å². The van der Waals surface area contributed by atoms with E-state index in [1.807, 2.05) is 23.1 Å². The number of nitrogens with one attached hydrogen (secondary N) is 2. The standard InChI is InChI=1S/C20H27N5O4/c1-12-18(13(2)22-21-12)17-11-29-9-8-24(17)19(26)15-10-16(20(27)28)25(23-15)14-6-4-3-5-7-14/h3-7,12-13,16-18,21-22H,8-11H2,1-2H3,(H,27,28). The molecule has 0 aliphatic carbocycles. The fraction of sp³-hybridized carbons (Fsp3) is 0.550. The number of amides is 1. The Balaban J connectivity index is 1.59. The number of aliphatic carboxylic acids is 1. The normalized spacial score (nSPS) is 32.3. The molecule has 9 heteroatoms. The van der Waals surface area contributed by atoms with Crippen LogP contribution in [0.15, 0.2) is 35.4 Å². The molecule has 2 fully saturated rings. The van der Waals surface area contributed by atoms with Gasteiger partial charge in [0.15, 0.2) is 6.04 Å². The lowest BCUT2D eigenvalue weighted by Gasteiger charge is -2.41. The number of rotatable bonds is 4. The van der Waals surface area contributed by atoms with E-state index in [1.54, 1.807) is 12.1 Å². The highest BCUT2D eigenvalue weighted by molar-refractivity contribution is 6.40. The molecule has 0 aromatic heterocycles. The molecule has 3 aliphatic rings. The molecule has 0 spiro atoms. The summed E-state index contributed by atoms with van der Waals surface area (Å²) >= 11 is 0. The number of carboxylic acid groups (broad SMARTS) is 1. The number of nitrogens with zero attached hydrogens (tertiary/aromatic N) is 3. The van der Waals surface area contributed by atoms with Crippen LogP contribution in [0.25, 0.3) is 0 Å². The van der Waals surface area contributed by atoms with Gasteiger partial charge in [-0.15, -0.1) is 0 Å². The Bertz CT molecular complexity index is 791. The molecule has 156 valence electrons. The predicted molar refractivity (Wildman–Crippen MR) is 107 cm³/mol. The number of hydrogen-bond donors (Lipinski definition) is 3. The zero-order valence-corrected chi connectivity index (χ0v) is 16.6. The summed E-state index contributed by atoms with van der Waals surface area (Å²) in [7, 11) is 0. The van der Waals surface area contributed by atoms with Crippen molar-refractivity contribution in [1.29, 1.82) is 0 Å². The highest BCUT2D eigenvalue weighted by Gasteiger charge is 2.45. The summed E-state index contributed by atoms with van der Waals surface area (Å²) in [5.74, 6) is -1.01. The first-order chi connectivity index (χ1) is 14.0. The second-order valence-corrected chi connectivity index (χ2v) is 7.87. The van der Waals surface area contributed by atoms with Crippen molar-refractivity contribution in [2.45, 2.75) is 44.4 Å². The van der Waals surface area contributed by atoms with Crippen molar-refractivity contribution < 1.29 is 19.4 Å². The second kappa shape index (κ2) is 8.10. The highest BCUT2D eigenvalue weighted by atomic mass is 16.5. The van der Waals surface area contributed by atoms with Crippen LogP contribution in [-0.4, -0.2) is 71.5 Å². The van der Waals surface area contributed by atoms with E-state index in [-0.39, 0.29) is 42.1 Å². The molecule has 4 rings (SSSR count). The van der Waals surface area contributed by atoms with Gasteiger partial charge in [0.05, 0.1) is 24.9 Å². The zero-order valence-electron chi connectivity index (χ0n) is 16.6. The van der Waals surface area contributed by atoms with Crippen LogP contribution in [0.3, 0.4) is 0 Å². The third-order valence-electron chi connectivity index (χ3n) is 6.03. The summed E-state index contributed by atoms with van der Waals surface area (Å²) in [6.45, 7) is 5.58. The zero-order chi connectivity index (χ0) is 20.5. The fourth-order valence-corrected chi connectivity index (χ4v) is 4.56. The number of para-hydroxylation sites is 1. The van der Waals surface area contributed by atoms with Crippen molar-refractivity contribution in [2.75, 3.05) is 24.8 Å². The van der Waals surface area contributed by atoms with Gasteiger partial charge in [-0.05, 0) is 26.0 Å². The Morgan fingerprint density at radius 3 is 2.52 bits per heavy atom. The van der Waals surface area contributed by atoms with Crippen LogP contribution in [0.5, 0.6) is 0 Å². The van der Waals surface area contributed by atoms with Crippen LogP contribution in [0.4, 0.5) is 5.69 Å². The van der Waals surface area contributed by atoms with Gasteiger partial charge in [-0.2, -0.15) is 5.10 Å². The molecule has 4 atom stereocenters. The number of carbonyl (C=O) groups excluding carboxylic acids is 1. The van der Waals surface area contributed by atoms with E-state index in [0.717, 1.165) is 0 Å². The number of ether oxygens (including phenoxy) is 1. The highest BCUT2D eigenvalue weighted by Crippen LogP contribution is 2.29. The Hall–Kier alpha value is -2.49. The van der Waals surface area contributed by atoms with Crippen LogP contribution < -0.4 is 15.9 Å². The average Bonchev–Trinajstić information content (AvgIpc) is 3.32. The minimum absolute atomic E-state index is 0.0827. The van der Waals surface area contributed by atoms with Crippen molar-refractivity contribution >= 4 is 23.3 Å². The molecule has 4 unspecified atom stereocenters. The Kier molecular flexibility index (Phi) is 5.53. The molecule has 29 heavy (non-hydrogen) atoms. The van der Waals surface area contributed by atoms with Gasteiger partial charge in [0.1, 0.15) is 5.71 Å². The molecule has 2 saturated heterocycles. The van der Waals surface area contributed by atoms with Crippen molar-refractivity contribution in [3.05, 3.63) is 30.3 Å². The molecule has 0 radical (unpaired) electrons. The van der Waals surface area contributed by atoms with Gasteiger partial charge in [-0.25, -0.2) is 4.79 Å². The Morgan fingerprint density at radius 1 is 1.17 bits per heavy atom. The molecule has 1 amide bonds. The smallest absolute Gasteiger partial charge is 0.328 e. The molecule has 1 aromatic carbocycles. The quantitative estimate of drug-likeness (QED) is 0.672. The van der Waals surface area contributed by atoms with Gasteiger partial charge in [-0.1, -0.05) is 18.2 Å². The SMILES string of the molecule is CC1NNC(C)C1C1COCCN1C(=O)C1=NN(c2ccccc2)C(C(=O)O)C1. The molecular formula is C20H27N5O4. The molecule has 0 bridgehead atoms. The van der Waals surface area contributed by atoms with Gasteiger partial charge < -0.3 is 14.7 Å². The van der Waals surface area contributed by atoms with Gasteiger partial charge in [0.25, 0.3) is 5.91 Å². The monoisotopic (exact) mass is 401 g/mol. The van der Waals surface area contributed by atoms with Crippen molar-refractivity contribution in [3.8, 4) is 0 Å². The summed E-state index contributed by atoms with van der Waals surface area (Å²) in [4.78, 5) is 27.0. The number of anilines is 1. The Morgan fingerprint density at radius 2 is 1.86 bits per heavy atom. The molecular weight excluding hydrogens is 374 g/mol. The molecule has 9 nitrogen and oxygen atoms in total. The van der Waals surface area contributed by atoms with E-state index in [1.165, 1.54) is 5.01 Å². The summed E-state index contributed by atoms with van der Waals surface area (Å²) in [5, 5.41) is 15.6. The maximum atomic E-state index is 13.4. The number of benzene rings is 1. The van der Waals surface area contributed by atoms with Crippen molar-refractivity contribution in [2.24, 2.45) is 11.0 Å². The molecule has 0 saturated carbocycles. The Labute approximate surface area is 169 Å². The van der Waals surface area contributed by atoms with E-state index in [0.29, 0.717) is 25.4 Å². The number of hydrogen-bond acceptors (Lipinski definition) is 7. The first-order valence-electron chi connectivity index (χ1n) is 10.0. The minimum Gasteiger partial charge on any atom is -0.480 e. The third kappa shape index (κ3) is 3.73. The number of carbonyl (C=O) groups is 2. The minimum atomic E-state index is -0.995. The number of hydrazone groups is 1. The molecule has 1 aromatic rings. The molecule has 3 N–H and O–H groups in total. The lowest BCUT2D eigenvalue weighted by molar-refractivity contribution is -0.138. The summed E-state index contributed by atoms with van der Waals surface area (Å²) < 4.78 is 5.69. The summed E-state index contributed by atoms with van der Waals surface area (Å²) in [6.07, 6.45) is 0.0827. The maximum absolute atomic E-state index is 13.4. The molecule has 3 aliphatic heterocycles. The third-order valence-corrected chi connectivity index (χ3v) is 6.03. The van der Waals surface area contributed by atoms with E-state index < -0.39 is 12.0 Å². The van der Waals surface area contributed by atoms with E-state index >= 15 is 0 Å². The summed E-state index contributed by atoms with van der Waals surface area (Å²) in [5.41, 5.74) is 7.42. The van der Waals surface area contributed by atoms with Gasteiger partial charge in [-0.3, -0.25) is 20.7 Å². The number of carboxylic acids is 1. The molecule has 3 heterocycles. The van der Waals surface area contributed by atoms with Crippen molar-refractivity contribution in [3.63, 3.8) is 0 Å². The van der Waals surface area contributed by atoms with E-state index in [4.69, 9.17) is 4.74 Å². The van der Waals surface area contributed by atoms with E-state index in [9.17, 15) is 14.7 Å². The van der Waals surface area contributed by atoms with Crippen LogP contribution >= 0.6 is 0 Å². The van der Waals surface area contributed by atoms with Crippen LogP contribution in [0.1, 0.15) is 20.3 Å². The van der Waals surface area contributed by atoms with Crippen LogP contribution in [0, 0.1) is 5.92 Å². The first kappa shape index (κ1) is 19.8. The predicted octanol–water partition coefficient (Wildman–Crippen LogP) is 0.434. The number of hydrazine groups is 1. The van der Waals surface area contributed by atoms with E-state index in [2.05, 4.69) is 29.8 Å². The lowest BCUT2D eigenvalue weighted by atomic mass is 9.87. The lowest BCUT2D eigenvalue weighted by Crippen LogP contribution is -2.57. The second-order valence-electron chi connectivity index (χ2n) is 7.87. The topological polar surface area (TPSA) is 107 Å². The van der Waals surface area contributed by atoms with Gasteiger partial charge >= 0.3 is 5.97 Å². The van der Waals surface area contributed by atoms with Gasteiger partial charge in [0.2, 0.25) is 0 Å². The maximum Gasteiger partial charge on any atom is 0.328 e.